The Bertz CT molecular complexity index is 257. The summed E-state index contributed by atoms with van der Waals surface area (Å²) in [7, 11) is 0. The highest BCUT2D eigenvalue weighted by molar-refractivity contribution is 7.16. The van der Waals surface area contributed by atoms with E-state index in [1.54, 1.807) is 11.3 Å². The second kappa shape index (κ2) is 4.99. The van der Waals surface area contributed by atoms with Gasteiger partial charge in [-0.25, -0.2) is 0 Å². The molecule has 0 aromatic carbocycles. The standard InChI is InChI=1S/C10H16ClNS/c1-7(2)9(12)5-3-8-4-6-10(11)13-8/h4,6-7,9H,3,5,12H2,1-2H3. The van der Waals surface area contributed by atoms with Gasteiger partial charge in [0, 0.05) is 10.9 Å². The summed E-state index contributed by atoms with van der Waals surface area (Å²) in [6.07, 6.45) is 2.10. The molecule has 3 heteroatoms. The normalized spacial score (nSPS) is 13.6. The molecule has 0 spiro atoms. The van der Waals surface area contributed by atoms with Crippen LogP contribution in [-0.2, 0) is 6.42 Å². The number of nitrogens with two attached hydrogens (primary N) is 1. The molecule has 74 valence electrons. The molecular formula is C10H16ClNS. The predicted octanol–water partition coefficient (Wildman–Crippen LogP) is 3.32. The Hall–Kier alpha value is -0.0500. The fourth-order valence-electron chi connectivity index (χ4n) is 1.13. The van der Waals surface area contributed by atoms with Crippen molar-refractivity contribution in [1.29, 1.82) is 0 Å². The van der Waals surface area contributed by atoms with E-state index in [-0.39, 0.29) is 0 Å². The van der Waals surface area contributed by atoms with Crippen molar-refractivity contribution in [3.63, 3.8) is 0 Å². The summed E-state index contributed by atoms with van der Waals surface area (Å²) < 4.78 is 0.869. The fraction of sp³-hybridized carbons (Fsp3) is 0.600. The maximum absolute atomic E-state index is 5.94. The molecule has 0 radical (unpaired) electrons. The number of rotatable bonds is 4. The van der Waals surface area contributed by atoms with Crippen LogP contribution in [0.1, 0.15) is 25.1 Å². The van der Waals surface area contributed by atoms with Crippen LogP contribution in [0.25, 0.3) is 0 Å². The van der Waals surface area contributed by atoms with Crippen molar-refractivity contribution >= 4 is 22.9 Å². The van der Waals surface area contributed by atoms with E-state index in [0.717, 1.165) is 17.2 Å². The Morgan fingerprint density at radius 1 is 1.46 bits per heavy atom. The lowest BCUT2D eigenvalue weighted by atomic mass is 10.0. The van der Waals surface area contributed by atoms with Crippen molar-refractivity contribution in [3.05, 3.63) is 21.3 Å². The molecule has 0 saturated carbocycles. The van der Waals surface area contributed by atoms with Gasteiger partial charge in [-0.05, 0) is 30.9 Å². The third-order valence-corrected chi connectivity index (χ3v) is 3.50. The van der Waals surface area contributed by atoms with Crippen LogP contribution in [0.15, 0.2) is 12.1 Å². The average molecular weight is 218 g/mol. The first kappa shape index (κ1) is 11.0. The van der Waals surface area contributed by atoms with E-state index in [9.17, 15) is 0 Å². The summed E-state index contributed by atoms with van der Waals surface area (Å²) in [5.41, 5.74) is 5.94. The third kappa shape index (κ3) is 3.67. The van der Waals surface area contributed by atoms with Crippen molar-refractivity contribution in [2.75, 3.05) is 0 Å². The highest BCUT2D eigenvalue weighted by Crippen LogP contribution is 2.23. The van der Waals surface area contributed by atoms with Gasteiger partial charge in [0.2, 0.25) is 0 Å². The van der Waals surface area contributed by atoms with Crippen molar-refractivity contribution in [2.45, 2.75) is 32.7 Å². The van der Waals surface area contributed by atoms with E-state index in [4.69, 9.17) is 17.3 Å². The average Bonchev–Trinajstić information content (AvgIpc) is 2.47. The van der Waals surface area contributed by atoms with E-state index >= 15 is 0 Å². The first-order valence-electron chi connectivity index (χ1n) is 4.59. The van der Waals surface area contributed by atoms with Crippen LogP contribution in [0.2, 0.25) is 4.34 Å². The maximum Gasteiger partial charge on any atom is 0.0931 e. The molecule has 0 aliphatic rings. The number of thiophene rings is 1. The van der Waals surface area contributed by atoms with Gasteiger partial charge in [0.15, 0.2) is 0 Å². The predicted molar refractivity (Wildman–Crippen MR) is 60.5 cm³/mol. The maximum atomic E-state index is 5.94. The molecule has 1 aromatic rings. The van der Waals surface area contributed by atoms with Crippen LogP contribution in [0.5, 0.6) is 0 Å². The molecule has 1 aromatic heterocycles. The molecule has 0 bridgehead atoms. The monoisotopic (exact) mass is 217 g/mol. The van der Waals surface area contributed by atoms with Crippen LogP contribution in [-0.4, -0.2) is 6.04 Å². The molecule has 1 atom stereocenters. The van der Waals surface area contributed by atoms with Crippen molar-refractivity contribution < 1.29 is 0 Å². The minimum Gasteiger partial charge on any atom is -0.327 e. The van der Waals surface area contributed by atoms with Crippen LogP contribution >= 0.6 is 22.9 Å². The summed E-state index contributed by atoms with van der Waals surface area (Å²) in [5.74, 6) is 0.565. The van der Waals surface area contributed by atoms with Gasteiger partial charge in [-0.15, -0.1) is 11.3 Å². The van der Waals surface area contributed by atoms with Gasteiger partial charge in [0.05, 0.1) is 4.34 Å². The smallest absolute Gasteiger partial charge is 0.0931 e. The third-order valence-electron chi connectivity index (χ3n) is 2.21. The zero-order valence-corrected chi connectivity index (χ0v) is 9.66. The zero-order chi connectivity index (χ0) is 9.84. The fourth-order valence-corrected chi connectivity index (χ4v) is 2.23. The molecule has 0 aliphatic heterocycles. The van der Waals surface area contributed by atoms with Gasteiger partial charge in [-0.1, -0.05) is 25.4 Å². The van der Waals surface area contributed by atoms with E-state index in [0.29, 0.717) is 12.0 Å². The number of halogens is 1. The van der Waals surface area contributed by atoms with Gasteiger partial charge in [0.25, 0.3) is 0 Å². The van der Waals surface area contributed by atoms with Gasteiger partial charge >= 0.3 is 0 Å². The first-order valence-corrected chi connectivity index (χ1v) is 5.79. The highest BCUT2D eigenvalue weighted by atomic mass is 35.5. The number of hydrogen-bond donors (Lipinski definition) is 1. The Labute approximate surface area is 88.9 Å². The Morgan fingerprint density at radius 3 is 2.62 bits per heavy atom. The second-order valence-electron chi connectivity index (χ2n) is 3.65. The summed E-state index contributed by atoms with van der Waals surface area (Å²) in [6, 6.07) is 4.34. The summed E-state index contributed by atoms with van der Waals surface area (Å²) in [4.78, 5) is 1.33. The van der Waals surface area contributed by atoms with Crippen molar-refractivity contribution in [2.24, 2.45) is 11.7 Å². The molecular weight excluding hydrogens is 202 g/mol. The highest BCUT2D eigenvalue weighted by Gasteiger charge is 2.08. The Kier molecular flexibility index (Phi) is 4.23. The molecule has 0 amide bonds. The van der Waals surface area contributed by atoms with E-state index in [1.807, 2.05) is 6.07 Å². The molecule has 0 saturated heterocycles. The minimum atomic E-state index is 0.306. The summed E-state index contributed by atoms with van der Waals surface area (Å²) >= 11 is 7.48. The van der Waals surface area contributed by atoms with Gasteiger partial charge in [-0.2, -0.15) is 0 Å². The van der Waals surface area contributed by atoms with Gasteiger partial charge < -0.3 is 5.73 Å². The van der Waals surface area contributed by atoms with Crippen molar-refractivity contribution in [3.8, 4) is 0 Å². The quantitative estimate of drug-likeness (QED) is 0.823. The number of aryl methyl sites for hydroxylation is 1. The van der Waals surface area contributed by atoms with Crippen molar-refractivity contribution in [1.82, 2.24) is 0 Å². The summed E-state index contributed by atoms with van der Waals surface area (Å²) in [5, 5.41) is 0. The molecule has 0 aliphatic carbocycles. The molecule has 1 heterocycles. The van der Waals surface area contributed by atoms with E-state index in [2.05, 4.69) is 19.9 Å². The SMILES string of the molecule is CC(C)C(N)CCc1ccc(Cl)s1. The molecule has 1 unspecified atom stereocenters. The summed E-state index contributed by atoms with van der Waals surface area (Å²) in [6.45, 7) is 4.32. The molecule has 1 rings (SSSR count). The van der Waals surface area contributed by atoms with E-state index < -0.39 is 0 Å². The molecule has 13 heavy (non-hydrogen) atoms. The Morgan fingerprint density at radius 2 is 2.15 bits per heavy atom. The molecule has 2 N–H and O–H groups in total. The van der Waals surface area contributed by atoms with Crippen LogP contribution in [0.3, 0.4) is 0 Å². The zero-order valence-electron chi connectivity index (χ0n) is 8.09. The van der Waals surface area contributed by atoms with E-state index in [1.165, 1.54) is 4.88 Å². The second-order valence-corrected chi connectivity index (χ2v) is 5.45. The lowest BCUT2D eigenvalue weighted by molar-refractivity contribution is 0.465. The molecule has 1 nitrogen and oxygen atoms in total. The van der Waals surface area contributed by atoms with Gasteiger partial charge in [0.1, 0.15) is 0 Å². The largest absolute Gasteiger partial charge is 0.327 e. The van der Waals surface area contributed by atoms with Crippen LogP contribution < -0.4 is 5.73 Å². The molecule has 0 fully saturated rings. The first-order chi connectivity index (χ1) is 6.09. The Balaban J connectivity index is 2.35. The number of hydrogen-bond acceptors (Lipinski definition) is 2. The lowest BCUT2D eigenvalue weighted by Gasteiger charge is -2.14. The minimum absolute atomic E-state index is 0.306. The van der Waals surface area contributed by atoms with Crippen LogP contribution in [0.4, 0.5) is 0 Å². The topological polar surface area (TPSA) is 26.0 Å². The van der Waals surface area contributed by atoms with Gasteiger partial charge in [-0.3, -0.25) is 0 Å². The lowest BCUT2D eigenvalue weighted by Crippen LogP contribution is -2.26. The van der Waals surface area contributed by atoms with Crippen LogP contribution in [0, 0.1) is 5.92 Å².